The van der Waals surface area contributed by atoms with Crippen molar-refractivity contribution in [3.8, 4) is 0 Å². The average molecular weight is 252 g/mol. The molecular formula is C13H24N4O. The van der Waals surface area contributed by atoms with Crippen LogP contribution in [0.2, 0.25) is 0 Å². The summed E-state index contributed by atoms with van der Waals surface area (Å²) in [7, 11) is 1.72. The molecule has 0 radical (unpaired) electrons. The van der Waals surface area contributed by atoms with E-state index in [1.165, 1.54) is 5.69 Å². The van der Waals surface area contributed by atoms with Crippen LogP contribution in [0.4, 0.5) is 5.69 Å². The van der Waals surface area contributed by atoms with Crippen LogP contribution in [0.3, 0.4) is 0 Å². The molecule has 1 unspecified atom stereocenters. The number of piperazine rings is 1. The van der Waals surface area contributed by atoms with E-state index in [1.807, 2.05) is 10.9 Å². The SMILES string of the molecule is COCCn1cc(N2CCNCC2C(C)C)cn1. The van der Waals surface area contributed by atoms with Gasteiger partial charge in [0.15, 0.2) is 0 Å². The summed E-state index contributed by atoms with van der Waals surface area (Å²) in [5.41, 5.74) is 1.23. The standard InChI is InChI=1S/C13H24N4O/c1-11(2)13-9-14-4-5-17(13)12-8-15-16(10-12)6-7-18-3/h8,10-11,13-14H,4-7,9H2,1-3H3. The second-order valence-corrected chi connectivity index (χ2v) is 5.16. The minimum Gasteiger partial charge on any atom is -0.383 e. The number of rotatable bonds is 5. The summed E-state index contributed by atoms with van der Waals surface area (Å²) in [5.74, 6) is 0.639. The summed E-state index contributed by atoms with van der Waals surface area (Å²) in [5, 5.41) is 7.87. The fraction of sp³-hybridized carbons (Fsp3) is 0.769. The van der Waals surface area contributed by atoms with Crippen LogP contribution in [-0.4, -0.2) is 49.2 Å². The van der Waals surface area contributed by atoms with Gasteiger partial charge in [-0.1, -0.05) is 13.8 Å². The van der Waals surface area contributed by atoms with Crippen LogP contribution >= 0.6 is 0 Å². The van der Waals surface area contributed by atoms with Crippen molar-refractivity contribution in [3.63, 3.8) is 0 Å². The number of hydrogen-bond donors (Lipinski definition) is 1. The molecule has 1 aromatic rings. The fourth-order valence-electron chi connectivity index (χ4n) is 2.45. The highest BCUT2D eigenvalue weighted by atomic mass is 16.5. The molecule has 0 saturated carbocycles. The van der Waals surface area contributed by atoms with Gasteiger partial charge in [0.25, 0.3) is 0 Å². The molecule has 1 N–H and O–H groups in total. The minimum atomic E-state index is 0.554. The normalized spacial score (nSPS) is 20.7. The second-order valence-electron chi connectivity index (χ2n) is 5.16. The van der Waals surface area contributed by atoms with Crippen molar-refractivity contribution in [1.82, 2.24) is 15.1 Å². The second kappa shape index (κ2) is 6.20. The maximum absolute atomic E-state index is 5.08. The van der Waals surface area contributed by atoms with Crippen LogP contribution in [0.15, 0.2) is 12.4 Å². The lowest BCUT2D eigenvalue weighted by Crippen LogP contribution is -2.53. The van der Waals surface area contributed by atoms with Crippen molar-refractivity contribution in [1.29, 1.82) is 0 Å². The van der Waals surface area contributed by atoms with E-state index >= 15 is 0 Å². The number of nitrogens with zero attached hydrogens (tertiary/aromatic N) is 3. The third-order valence-corrected chi connectivity index (χ3v) is 3.53. The van der Waals surface area contributed by atoms with Crippen molar-refractivity contribution in [2.24, 2.45) is 5.92 Å². The van der Waals surface area contributed by atoms with Gasteiger partial charge in [0.2, 0.25) is 0 Å². The highest BCUT2D eigenvalue weighted by Gasteiger charge is 2.25. The molecule has 0 aliphatic carbocycles. The number of methoxy groups -OCH3 is 1. The number of nitrogens with one attached hydrogen (secondary N) is 1. The van der Waals surface area contributed by atoms with Crippen LogP contribution in [-0.2, 0) is 11.3 Å². The number of hydrogen-bond acceptors (Lipinski definition) is 4. The van der Waals surface area contributed by atoms with Crippen molar-refractivity contribution < 1.29 is 4.74 Å². The Balaban J connectivity index is 2.06. The maximum atomic E-state index is 5.08. The quantitative estimate of drug-likeness (QED) is 0.848. The molecule has 0 spiro atoms. The Morgan fingerprint density at radius 3 is 3.11 bits per heavy atom. The van der Waals surface area contributed by atoms with Gasteiger partial charge in [-0.05, 0) is 5.92 Å². The van der Waals surface area contributed by atoms with Crippen molar-refractivity contribution in [3.05, 3.63) is 12.4 Å². The number of anilines is 1. The van der Waals surface area contributed by atoms with Crippen LogP contribution < -0.4 is 10.2 Å². The van der Waals surface area contributed by atoms with Gasteiger partial charge >= 0.3 is 0 Å². The topological polar surface area (TPSA) is 42.3 Å². The molecule has 0 amide bonds. The smallest absolute Gasteiger partial charge is 0.0756 e. The Morgan fingerprint density at radius 1 is 1.56 bits per heavy atom. The monoisotopic (exact) mass is 252 g/mol. The lowest BCUT2D eigenvalue weighted by Gasteiger charge is -2.39. The summed E-state index contributed by atoms with van der Waals surface area (Å²) in [6.45, 7) is 9.23. The summed E-state index contributed by atoms with van der Waals surface area (Å²) < 4.78 is 7.03. The summed E-state index contributed by atoms with van der Waals surface area (Å²) in [4.78, 5) is 2.47. The highest BCUT2D eigenvalue weighted by Crippen LogP contribution is 2.21. The van der Waals surface area contributed by atoms with E-state index in [9.17, 15) is 0 Å². The Labute approximate surface area is 109 Å². The highest BCUT2D eigenvalue weighted by molar-refractivity contribution is 5.44. The Morgan fingerprint density at radius 2 is 2.39 bits per heavy atom. The van der Waals surface area contributed by atoms with Crippen LogP contribution in [0.1, 0.15) is 13.8 Å². The summed E-state index contributed by atoms with van der Waals surface area (Å²) in [6.07, 6.45) is 4.09. The zero-order valence-electron chi connectivity index (χ0n) is 11.6. The van der Waals surface area contributed by atoms with E-state index in [0.717, 1.165) is 26.2 Å². The molecule has 5 heteroatoms. The Bertz CT molecular complexity index is 364. The molecule has 1 aromatic heterocycles. The summed E-state index contributed by atoms with van der Waals surface area (Å²) in [6, 6.07) is 0.554. The van der Waals surface area contributed by atoms with Crippen LogP contribution in [0, 0.1) is 5.92 Å². The molecule has 1 aliphatic heterocycles. The predicted octanol–water partition coefficient (Wildman–Crippen LogP) is 0.964. The lowest BCUT2D eigenvalue weighted by molar-refractivity contribution is 0.183. The van der Waals surface area contributed by atoms with E-state index in [1.54, 1.807) is 7.11 Å². The Hall–Kier alpha value is -1.07. The first-order chi connectivity index (χ1) is 8.72. The molecule has 5 nitrogen and oxygen atoms in total. The molecule has 1 fully saturated rings. The zero-order chi connectivity index (χ0) is 13.0. The first-order valence-corrected chi connectivity index (χ1v) is 6.71. The molecule has 1 saturated heterocycles. The van der Waals surface area contributed by atoms with Gasteiger partial charge in [-0.15, -0.1) is 0 Å². The minimum absolute atomic E-state index is 0.554. The molecule has 2 heterocycles. The average Bonchev–Trinajstić information content (AvgIpc) is 2.85. The molecule has 0 bridgehead atoms. The van der Waals surface area contributed by atoms with Gasteiger partial charge in [-0.3, -0.25) is 4.68 Å². The van der Waals surface area contributed by atoms with Crippen LogP contribution in [0.25, 0.3) is 0 Å². The predicted molar refractivity (Wildman–Crippen MR) is 72.9 cm³/mol. The Kier molecular flexibility index (Phi) is 4.60. The van der Waals surface area contributed by atoms with Crippen molar-refractivity contribution >= 4 is 5.69 Å². The molecule has 102 valence electrons. The molecule has 2 rings (SSSR count). The summed E-state index contributed by atoms with van der Waals surface area (Å²) >= 11 is 0. The number of ether oxygens (including phenoxy) is 1. The molecule has 1 aliphatic rings. The maximum Gasteiger partial charge on any atom is 0.0756 e. The first kappa shape index (κ1) is 13.4. The van der Waals surface area contributed by atoms with E-state index in [-0.39, 0.29) is 0 Å². The fourth-order valence-corrected chi connectivity index (χ4v) is 2.45. The largest absolute Gasteiger partial charge is 0.383 e. The zero-order valence-corrected chi connectivity index (χ0v) is 11.6. The molecular weight excluding hydrogens is 228 g/mol. The van der Waals surface area contributed by atoms with Gasteiger partial charge in [0, 0.05) is 39.0 Å². The first-order valence-electron chi connectivity index (χ1n) is 6.71. The molecule has 18 heavy (non-hydrogen) atoms. The van der Waals surface area contributed by atoms with Gasteiger partial charge in [0.05, 0.1) is 25.0 Å². The number of aromatic nitrogens is 2. The van der Waals surface area contributed by atoms with E-state index in [0.29, 0.717) is 18.6 Å². The van der Waals surface area contributed by atoms with Gasteiger partial charge in [0.1, 0.15) is 0 Å². The van der Waals surface area contributed by atoms with Crippen molar-refractivity contribution in [2.75, 3.05) is 38.3 Å². The lowest BCUT2D eigenvalue weighted by atomic mass is 10.0. The third-order valence-electron chi connectivity index (χ3n) is 3.53. The van der Waals surface area contributed by atoms with Crippen molar-refractivity contribution in [2.45, 2.75) is 26.4 Å². The van der Waals surface area contributed by atoms with E-state index in [2.05, 4.69) is 35.4 Å². The molecule has 1 atom stereocenters. The van der Waals surface area contributed by atoms with Gasteiger partial charge in [-0.25, -0.2) is 0 Å². The van der Waals surface area contributed by atoms with E-state index in [4.69, 9.17) is 4.74 Å². The molecule has 0 aromatic carbocycles. The van der Waals surface area contributed by atoms with Gasteiger partial charge in [-0.2, -0.15) is 5.10 Å². The third kappa shape index (κ3) is 3.03. The van der Waals surface area contributed by atoms with E-state index < -0.39 is 0 Å². The van der Waals surface area contributed by atoms with Crippen LogP contribution in [0.5, 0.6) is 0 Å². The van der Waals surface area contributed by atoms with Gasteiger partial charge < -0.3 is 15.0 Å².